The molecule has 0 aromatic rings. The molecule has 0 aromatic heterocycles. The zero-order valence-electron chi connectivity index (χ0n) is 21.0. The first-order valence-corrected chi connectivity index (χ1v) is 11.0. The highest BCUT2D eigenvalue weighted by atomic mass is 16.7. The summed E-state index contributed by atoms with van der Waals surface area (Å²) in [6.45, 7) is 8.21. The predicted molar refractivity (Wildman–Crippen MR) is 119 cm³/mol. The van der Waals surface area contributed by atoms with E-state index in [1.807, 2.05) is 0 Å². The summed E-state index contributed by atoms with van der Waals surface area (Å²) in [6.07, 6.45) is -8.58. The van der Waals surface area contributed by atoms with Crippen LogP contribution in [0.1, 0.15) is 34.6 Å². The molecule has 0 spiro atoms. The van der Waals surface area contributed by atoms with Crippen molar-refractivity contribution in [2.45, 2.75) is 77.5 Å². The Morgan fingerprint density at radius 1 is 0.892 bits per heavy atom. The summed E-state index contributed by atoms with van der Waals surface area (Å²) in [5.74, 6) is -4.76. The van der Waals surface area contributed by atoms with Crippen LogP contribution in [0.3, 0.4) is 0 Å². The molecule has 1 heterocycles. The van der Waals surface area contributed by atoms with E-state index < -0.39 is 85.4 Å². The number of amides is 1. The van der Waals surface area contributed by atoms with Crippen molar-refractivity contribution in [2.24, 2.45) is 0 Å². The molecule has 0 aromatic carbocycles. The molecular formula is C22H31NO14. The van der Waals surface area contributed by atoms with Gasteiger partial charge in [-0.1, -0.05) is 12.7 Å². The summed E-state index contributed by atoms with van der Waals surface area (Å²) in [5.41, 5.74) is 0. The Hall–Kier alpha value is -3.72. The van der Waals surface area contributed by atoms with Crippen LogP contribution >= 0.6 is 0 Å². The SMILES string of the molecule is C=CCOC(=O)N[C@H](C(=O)O)[C@H](C)O[C@@H]1O[C@H](COC(C)=O)[C@@H](OC(C)=O)[C@H](OC(C)=O)[C@H]1OC(C)=O. The molecule has 0 radical (unpaired) electrons. The third-order valence-electron chi connectivity index (χ3n) is 4.64. The van der Waals surface area contributed by atoms with Gasteiger partial charge >= 0.3 is 35.9 Å². The maximum Gasteiger partial charge on any atom is 0.408 e. The van der Waals surface area contributed by atoms with Crippen molar-refractivity contribution >= 4 is 35.9 Å². The average molecular weight is 533 g/mol. The van der Waals surface area contributed by atoms with Crippen LogP contribution in [-0.4, -0.2) is 97.1 Å². The summed E-state index contributed by atoms with van der Waals surface area (Å²) >= 11 is 0. The molecule has 1 fully saturated rings. The van der Waals surface area contributed by atoms with Crippen molar-refractivity contribution in [2.75, 3.05) is 13.2 Å². The Kier molecular flexibility index (Phi) is 12.5. The monoisotopic (exact) mass is 533 g/mol. The molecule has 1 rings (SSSR count). The van der Waals surface area contributed by atoms with Crippen molar-refractivity contribution < 1.29 is 67.0 Å². The fourth-order valence-electron chi connectivity index (χ4n) is 3.27. The second-order valence-electron chi connectivity index (χ2n) is 7.76. The summed E-state index contributed by atoms with van der Waals surface area (Å²) < 4.78 is 36.9. The van der Waals surface area contributed by atoms with Crippen LogP contribution in [-0.2, 0) is 57.1 Å². The van der Waals surface area contributed by atoms with Gasteiger partial charge in [0.05, 0.1) is 6.10 Å². The average Bonchev–Trinajstić information content (AvgIpc) is 2.77. The van der Waals surface area contributed by atoms with Gasteiger partial charge in [-0.05, 0) is 6.92 Å². The van der Waals surface area contributed by atoms with Gasteiger partial charge in [-0.2, -0.15) is 0 Å². The van der Waals surface area contributed by atoms with E-state index in [4.69, 9.17) is 33.2 Å². The third-order valence-corrected chi connectivity index (χ3v) is 4.64. The van der Waals surface area contributed by atoms with Crippen LogP contribution in [0.4, 0.5) is 4.79 Å². The number of ether oxygens (including phenoxy) is 7. The highest BCUT2D eigenvalue weighted by Gasteiger charge is 2.53. The van der Waals surface area contributed by atoms with Crippen LogP contribution in [0.5, 0.6) is 0 Å². The van der Waals surface area contributed by atoms with Gasteiger partial charge in [-0.25, -0.2) is 9.59 Å². The molecule has 15 heteroatoms. The van der Waals surface area contributed by atoms with E-state index in [1.165, 1.54) is 13.0 Å². The van der Waals surface area contributed by atoms with Crippen molar-refractivity contribution in [3.05, 3.63) is 12.7 Å². The second kappa shape index (κ2) is 14.7. The lowest BCUT2D eigenvalue weighted by molar-refractivity contribution is -0.316. The number of carboxylic acid groups (broad SMARTS) is 1. The molecule has 208 valence electrons. The molecule has 1 aliphatic rings. The van der Waals surface area contributed by atoms with Crippen LogP contribution in [0.2, 0.25) is 0 Å². The number of carbonyl (C=O) groups excluding carboxylic acids is 5. The minimum absolute atomic E-state index is 0.187. The number of carbonyl (C=O) groups is 6. The largest absolute Gasteiger partial charge is 0.480 e. The van der Waals surface area contributed by atoms with E-state index in [2.05, 4.69) is 11.9 Å². The lowest BCUT2D eigenvalue weighted by atomic mass is 9.98. The zero-order valence-corrected chi connectivity index (χ0v) is 21.0. The quantitative estimate of drug-likeness (QED) is 0.190. The predicted octanol–water partition coefficient (Wildman–Crippen LogP) is -0.160. The van der Waals surface area contributed by atoms with Gasteiger partial charge in [0.15, 0.2) is 30.6 Å². The lowest BCUT2D eigenvalue weighted by Gasteiger charge is -2.44. The van der Waals surface area contributed by atoms with E-state index in [0.717, 1.165) is 27.7 Å². The highest BCUT2D eigenvalue weighted by Crippen LogP contribution is 2.31. The summed E-state index contributed by atoms with van der Waals surface area (Å²) in [5, 5.41) is 11.7. The van der Waals surface area contributed by atoms with Gasteiger partial charge in [0, 0.05) is 27.7 Å². The zero-order chi connectivity index (χ0) is 28.3. The summed E-state index contributed by atoms with van der Waals surface area (Å²) in [7, 11) is 0. The highest BCUT2D eigenvalue weighted by molar-refractivity contribution is 5.80. The van der Waals surface area contributed by atoms with E-state index >= 15 is 0 Å². The fourth-order valence-corrected chi connectivity index (χ4v) is 3.27. The van der Waals surface area contributed by atoms with Crippen molar-refractivity contribution in [3.63, 3.8) is 0 Å². The maximum atomic E-state index is 11.9. The van der Waals surface area contributed by atoms with Crippen LogP contribution in [0.15, 0.2) is 12.7 Å². The van der Waals surface area contributed by atoms with Gasteiger partial charge in [0.1, 0.15) is 19.3 Å². The third kappa shape index (κ3) is 10.4. The van der Waals surface area contributed by atoms with Gasteiger partial charge in [-0.3, -0.25) is 19.2 Å². The summed E-state index contributed by atoms with van der Waals surface area (Å²) in [4.78, 5) is 70.6. The fraction of sp³-hybridized carbons (Fsp3) is 0.636. The van der Waals surface area contributed by atoms with E-state index in [0.29, 0.717) is 0 Å². The molecule has 1 saturated heterocycles. The number of hydrogen-bond donors (Lipinski definition) is 2. The first-order valence-electron chi connectivity index (χ1n) is 11.0. The Balaban J connectivity index is 3.36. The Morgan fingerprint density at radius 2 is 1.43 bits per heavy atom. The number of rotatable bonds is 12. The minimum Gasteiger partial charge on any atom is -0.480 e. The van der Waals surface area contributed by atoms with Gasteiger partial charge in [-0.15, -0.1) is 0 Å². The van der Waals surface area contributed by atoms with Crippen LogP contribution in [0.25, 0.3) is 0 Å². The second-order valence-corrected chi connectivity index (χ2v) is 7.76. The number of esters is 4. The van der Waals surface area contributed by atoms with Crippen LogP contribution < -0.4 is 5.32 Å². The molecule has 7 atom stereocenters. The van der Waals surface area contributed by atoms with Gasteiger partial charge < -0.3 is 43.6 Å². The molecule has 1 aliphatic heterocycles. The maximum absolute atomic E-state index is 11.9. The van der Waals surface area contributed by atoms with Crippen molar-refractivity contribution in [1.82, 2.24) is 5.32 Å². The molecule has 0 aliphatic carbocycles. The van der Waals surface area contributed by atoms with E-state index in [9.17, 15) is 33.9 Å². The number of nitrogens with one attached hydrogen (secondary N) is 1. The first kappa shape index (κ1) is 31.3. The first-order chi connectivity index (χ1) is 17.3. The van der Waals surface area contributed by atoms with Gasteiger partial charge in [0.25, 0.3) is 0 Å². The topological polar surface area (TPSA) is 199 Å². The van der Waals surface area contributed by atoms with Gasteiger partial charge in [0.2, 0.25) is 0 Å². The molecule has 2 N–H and O–H groups in total. The molecule has 15 nitrogen and oxygen atoms in total. The van der Waals surface area contributed by atoms with Crippen molar-refractivity contribution in [1.29, 1.82) is 0 Å². The lowest BCUT2D eigenvalue weighted by Crippen LogP contribution is -2.64. The summed E-state index contributed by atoms with van der Waals surface area (Å²) in [6, 6.07) is -1.68. The number of alkyl carbamates (subject to hydrolysis) is 1. The Morgan fingerprint density at radius 3 is 1.92 bits per heavy atom. The number of aliphatic carboxylic acids is 1. The van der Waals surface area contributed by atoms with E-state index in [1.54, 1.807) is 0 Å². The molecule has 0 saturated carbocycles. The number of hydrogen-bond acceptors (Lipinski definition) is 13. The number of carboxylic acids is 1. The molecular weight excluding hydrogens is 502 g/mol. The molecule has 0 bridgehead atoms. The molecule has 0 unspecified atom stereocenters. The van der Waals surface area contributed by atoms with E-state index in [-0.39, 0.29) is 6.61 Å². The minimum atomic E-state index is -1.68. The normalized spacial score (nSPS) is 24.4. The van der Waals surface area contributed by atoms with Crippen molar-refractivity contribution in [3.8, 4) is 0 Å². The Labute approximate surface area is 212 Å². The standard InChI is InChI=1S/C22H31NO14/c1-7-8-31-22(30)23-16(20(28)29)10(2)33-21-19(36-14(6)27)18(35-13(5)26)17(34-12(4)25)15(37-21)9-32-11(3)24/h7,10,15-19,21H,1,8-9H2,2-6H3,(H,23,30)(H,28,29)/t10-,15+,16-,17+,18-,19+,21+/m0/s1. The van der Waals surface area contributed by atoms with Crippen LogP contribution in [0, 0.1) is 0 Å². The smallest absolute Gasteiger partial charge is 0.408 e. The Bertz CT molecular complexity index is 873. The molecule has 1 amide bonds. The molecule has 37 heavy (non-hydrogen) atoms.